The summed E-state index contributed by atoms with van der Waals surface area (Å²) in [5, 5.41) is 13.0. The highest BCUT2D eigenvalue weighted by Gasteiger charge is 2.12. The number of hydrogen-bond donors (Lipinski definition) is 1. The number of amides is 1. The molecule has 0 spiro atoms. The number of hydrogen-bond acceptors (Lipinski definition) is 5. The van der Waals surface area contributed by atoms with Crippen LogP contribution in [0, 0.1) is 0 Å². The molecule has 1 amide bonds. The van der Waals surface area contributed by atoms with Crippen LogP contribution in [0.2, 0.25) is 0 Å². The normalized spacial score (nSPS) is 11.0. The molecule has 0 atom stereocenters. The third-order valence-electron chi connectivity index (χ3n) is 3.45. The summed E-state index contributed by atoms with van der Waals surface area (Å²) in [7, 11) is 1.88. The lowest BCUT2D eigenvalue weighted by molar-refractivity contribution is -0.118. The maximum atomic E-state index is 11.9. The minimum absolute atomic E-state index is 0.200. The van der Waals surface area contributed by atoms with Gasteiger partial charge in [-0.2, -0.15) is 5.10 Å². The summed E-state index contributed by atoms with van der Waals surface area (Å²) in [4.78, 5) is 11.9. The van der Waals surface area contributed by atoms with Crippen molar-refractivity contribution < 1.29 is 4.79 Å². The Balaban J connectivity index is 1.56. The second kappa shape index (κ2) is 8.77. The van der Waals surface area contributed by atoms with Crippen molar-refractivity contribution in [3.63, 3.8) is 0 Å². The SMILES string of the molecule is Cn1c(SCC(=O)N/N=C\c2ccccc2)nnc1-c1cccc(Br)c1. The van der Waals surface area contributed by atoms with E-state index >= 15 is 0 Å². The van der Waals surface area contributed by atoms with Gasteiger partial charge in [0, 0.05) is 17.1 Å². The van der Waals surface area contributed by atoms with Crippen molar-refractivity contribution in [3.05, 3.63) is 64.6 Å². The van der Waals surface area contributed by atoms with E-state index < -0.39 is 0 Å². The van der Waals surface area contributed by atoms with Crippen molar-refractivity contribution in [2.75, 3.05) is 5.75 Å². The molecule has 6 nitrogen and oxygen atoms in total. The minimum Gasteiger partial charge on any atom is -0.305 e. The molecule has 0 aliphatic rings. The van der Waals surface area contributed by atoms with Gasteiger partial charge in [0.15, 0.2) is 11.0 Å². The van der Waals surface area contributed by atoms with Gasteiger partial charge in [-0.1, -0.05) is 70.2 Å². The highest BCUT2D eigenvalue weighted by atomic mass is 79.9. The molecular weight excluding hydrogens is 414 g/mol. The summed E-state index contributed by atoms with van der Waals surface area (Å²) in [6.45, 7) is 0. The number of thioether (sulfide) groups is 1. The van der Waals surface area contributed by atoms with Crippen molar-refractivity contribution in [2.24, 2.45) is 12.1 Å². The molecule has 26 heavy (non-hydrogen) atoms. The first-order valence-corrected chi connectivity index (χ1v) is 9.56. The van der Waals surface area contributed by atoms with Crippen LogP contribution >= 0.6 is 27.7 Å². The van der Waals surface area contributed by atoms with E-state index in [1.165, 1.54) is 11.8 Å². The van der Waals surface area contributed by atoms with Crippen LogP contribution in [0.3, 0.4) is 0 Å². The molecule has 0 fully saturated rings. The predicted molar refractivity (Wildman–Crippen MR) is 107 cm³/mol. The van der Waals surface area contributed by atoms with E-state index in [4.69, 9.17) is 0 Å². The van der Waals surface area contributed by atoms with E-state index in [-0.39, 0.29) is 11.7 Å². The van der Waals surface area contributed by atoms with Gasteiger partial charge in [0.2, 0.25) is 0 Å². The molecule has 8 heteroatoms. The number of hydrazone groups is 1. The van der Waals surface area contributed by atoms with Crippen molar-refractivity contribution in [2.45, 2.75) is 5.16 Å². The number of rotatable bonds is 6. The minimum atomic E-state index is -0.200. The van der Waals surface area contributed by atoms with Crippen LogP contribution < -0.4 is 5.43 Å². The number of carbonyl (C=O) groups excluding carboxylic acids is 1. The van der Waals surface area contributed by atoms with Crippen molar-refractivity contribution >= 4 is 39.8 Å². The molecule has 0 bridgehead atoms. The number of carbonyl (C=O) groups is 1. The Kier molecular flexibility index (Phi) is 6.19. The van der Waals surface area contributed by atoms with E-state index in [0.717, 1.165) is 21.4 Å². The third kappa shape index (κ3) is 4.80. The zero-order valence-corrected chi connectivity index (χ0v) is 16.4. The Morgan fingerprint density at radius 2 is 2.04 bits per heavy atom. The Hall–Kier alpha value is -2.45. The van der Waals surface area contributed by atoms with Crippen LogP contribution in [-0.4, -0.2) is 32.6 Å². The first-order chi connectivity index (χ1) is 12.6. The number of aromatic nitrogens is 3. The Bertz CT molecular complexity index is 926. The van der Waals surface area contributed by atoms with Crippen LogP contribution in [0.1, 0.15) is 5.56 Å². The summed E-state index contributed by atoms with van der Waals surface area (Å²) in [5.74, 6) is 0.752. The largest absolute Gasteiger partial charge is 0.305 e. The fourth-order valence-corrected chi connectivity index (χ4v) is 3.30. The van der Waals surface area contributed by atoms with Gasteiger partial charge in [-0.3, -0.25) is 4.79 Å². The van der Waals surface area contributed by atoms with Gasteiger partial charge < -0.3 is 4.57 Å². The van der Waals surface area contributed by atoms with Crippen LogP contribution in [0.5, 0.6) is 0 Å². The molecule has 1 N–H and O–H groups in total. The lowest BCUT2D eigenvalue weighted by Crippen LogP contribution is -2.19. The van der Waals surface area contributed by atoms with Crippen molar-refractivity contribution in [1.29, 1.82) is 0 Å². The molecule has 3 aromatic rings. The van der Waals surface area contributed by atoms with E-state index in [9.17, 15) is 4.79 Å². The van der Waals surface area contributed by atoms with Gasteiger partial charge in [-0.25, -0.2) is 5.43 Å². The smallest absolute Gasteiger partial charge is 0.250 e. The van der Waals surface area contributed by atoms with Crippen molar-refractivity contribution in [1.82, 2.24) is 20.2 Å². The van der Waals surface area contributed by atoms with Crippen LogP contribution in [0.4, 0.5) is 0 Å². The van der Waals surface area contributed by atoms with Gasteiger partial charge >= 0.3 is 0 Å². The number of halogens is 1. The fraction of sp³-hybridized carbons (Fsp3) is 0.111. The molecule has 0 saturated heterocycles. The van der Waals surface area contributed by atoms with Gasteiger partial charge in [-0.15, -0.1) is 10.2 Å². The molecular formula is C18H16BrN5OS. The summed E-state index contributed by atoms with van der Waals surface area (Å²) in [5.41, 5.74) is 4.39. The van der Waals surface area contributed by atoms with Crippen LogP contribution in [-0.2, 0) is 11.8 Å². The third-order valence-corrected chi connectivity index (χ3v) is 4.97. The van der Waals surface area contributed by atoms with E-state index in [1.54, 1.807) is 6.21 Å². The fourth-order valence-electron chi connectivity index (χ4n) is 2.20. The molecule has 2 aromatic carbocycles. The van der Waals surface area contributed by atoms with E-state index in [2.05, 4.69) is 36.7 Å². The standard InChI is InChI=1S/C18H16BrN5OS/c1-24-17(14-8-5-9-15(19)10-14)22-23-18(24)26-12-16(25)21-20-11-13-6-3-2-4-7-13/h2-11H,12H2,1H3,(H,21,25)/b20-11-. The average Bonchev–Trinajstić information content (AvgIpc) is 3.01. The quantitative estimate of drug-likeness (QED) is 0.369. The van der Waals surface area contributed by atoms with E-state index in [0.29, 0.717) is 5.16 Å². The number of nitrogens with zero attached hydrogens (tertiary/aromatic N) is 4. The van der Waals surface area contributed by atoms with Gasteiger partial charge in [-0.05, 0) is 17.7 Å². The second-order valence-electron chi connectivity index (χ2n) is 5.37. The zero-order valence-electron chi connectivity index (χ0n) is 14.0. The Labute approximate surface area is 163 Å². The first kappa shape index (κ1) is 18.3. The van der Waals surface area contributed by atoms with Crippen LogP contribution in [0.15, 0.2) is 69.3 Å². The maximum absolute atomic E-state index is 11.9. The molecule has 132 valence electrons. The van der Waals surface area contributed by atoms with Gasteiger partial charge in [0.25, 0.3) is 5.91 Å². The summed E-state index contributed by atoms with van der Waals surface area (Å²) in [6.07, 6.45) is 1.61. The van der Waals surface area contributed by atoms with Gasteiger partial charge in [0.05, 0.1) is 12.0 Å². The number of benzene rings is 2. The number of nitrogens with one attached hydrogen (secondary N) is 1. The maximum Gasteiger partial charge on any atom is 0.250 e. The molecule has 0 unspecified atom stereocenters. The monoisotopic (exact) mass is 429 g/mol. The second-order valence-corrected chi connectivity index (χ2v) is 7.23. The van der Waals surface area contributed by atoms with Crippen LogP contribution in [0.25, 0.3) is 11.4 Å². The summed E-state index contributed by atoms with van der Waals surface area (Å²) < 4.78 is 2.84. The molecule has 1 aromatic heterocycles. The zero-order chi connectivity index (χ0) is 18.4. The Morgan fingerprint density at radius 3 is 2.81 bits per heavy atom. The highest BCUT2D eigenvalue weighted by molar-refractivity contribution is 9.10. The summed E-state index contributed by atoms with van der Waals surface area (Å²) in [6, 6.07) is 17.4. The molecule has 1 heterocycles. The summed E-state index contributed by atoms with van der Waals surface area (Å²) >= 11 is 4.77. The van der Waals surface area contributed by atoms with E-state index in [1.807, 2.05) is 66.2 Å². The molecule has 3 rings (SSSR count). The van der Waals surface area contributed by atoms with Crippen molar-refractivity contribution in [3.8, 4) is 11.4 Å². The average molecular weight is 430 g/mol. The first-order valence-electron chi connectivity index (χ1n) is 7.78. The highest BCUT2D eigenvalue weighted by Crippen LogP contribution is 2.24. The van der Waals surface area contributed by atoms with Gasteiger partial charge in [0.1, 0.15) is 0 Å². The molecule has 0 aliphatic heterocycles. The Morgan fingerprint density at radius 1 is 1.23 bits per heavy atom. The lowest BCUT2D eigenvalue weighted by Gasteiger charge is -2.04. The lowest BCUT2D eigenvalue weighted by atomic mass is 10.2. The topological polar surface area (TPSA) is 72.2 Å². The molecule has 0 aliphatic carbocycles. The molecule has 0 radical (unpaired) electrons. The molecule has 0 saturated carbocycles. The predicted octanol–water partition coefficient (Wildman–Crippen LogP) is 3.49.